The minimum atomic E-state index is -0.486. The standard InChI is InChI=1S/C17H22ClN3O2/c18-12-6-1-2-9-15(12)21-10-4-8-14(17(21)23)20-16(22)11-5-3-7-13(11)19/h1-2,6,9,11,13-14H,3-5,7-8,10,19H2,(H,20,22)/t11-,13+,14+/m0/s1. The van der Waals surface area contributed by atoms with E-state index in [1.165, 1.54) is 0 Å². The molecule has 0 radical (unpaired) electrons. The zero-order chi connectivity index (χ0) is 16.4. The normalized spacial score (nSPS) is 28.0. The average Bonchev–Trinajstić information content (AvgIpc) is 2.96. The molecule has 2 amide bonds. The minimum Gasteiger partial charge on any atom is -0.344 e. The molecule has 1 aromatic rings. The average molecular weight is 336 g/mol. The second-order valence-corrected chi connectivity index (χ2v) is 6.75. The number of hydrogen-bond donors (Lipinski definition) is 2. The van der Waals surface area contributed by atoms with Crippen molar-refractivity contribution in [3.63, 3.8) is 0 Å². The first-order valence-electron chi connectivity index (χ1n) is 8.20. The van der Waals surface area contributed by atoms with Crippen LogP contribution in [0.15, 0.2) is 24.3 Å². The number of carbonyl (C=O) groups excluding carboxylic acids is 2. The van der Waals surface area contributed by atoms with Gasteiger partial charge in [0.15, 0.2) is 0 Å². The van der Waals surface area contributed by atoms with Crippen LogP contribution in [0.3, 0.4) is 0 Å². The molecule has 3 rings (SSSR count). The van der Waals surface area contributed by atoms with Crippen molar-refractivity contribution in [2.45, 2.75) is 44.2 Å². The zero-order valence-electron chi connectivity index (χ0n) is 13.0. The molecule has 3 atom stereocenters. The minimum absolute atomic E-state index is 0.0886. The topological polar surface area (TPSA) is 75.4 Å². The van der Waals surface area contributed by atoms with Gasteiger partial charge in [-0.2, -0.15) is 0 Å². The van der Waals surface area contributed by atoms with E-state index in [0.717, 1.165) is 25.7 Å². The lowest BCUT2D eigenvalue weighted by Gasteiger charge is -2.33. The van der Waals surface area contributed by atoms with E-state index in [-0.39, 0.29) is 23.8 Å². The van der Waals surface area contributed by atoms with Gasteiger partial charge in [0.2, 0.25) is 11.8 Å². The Labute approximate surface area is 141 Å². The van der Waals surface area contributed by atoms with Crippen LogP contribution < -0.4 is 16.0 Å². The molecule has 0 bridgehead atoms. The second-order valence-electron chi connectivity index (χ2n) is 6.35. The van der Waals surface area contributed by atoms with Crippen molar-refractivity contribution in [1.82, 2.24) is 5.32 Å². The number of amides is 2. The summed E-state index contributed by atoms with van der Waals surface area (Å²) in [5.41, 5.74) is 6.69. The molecule has 3 N–H and O–H groups in total. The summed E-state index contributed by atoms with van der Waals surface area (Å²) in [5.74, 6) is -0.350. The highest BCUT2D eigenvalue weighted by Crippen LogP contribution is 2.29. The van der Waals surface area contributed by atoms with Crippen LogP contribution in [0.4, 0.5) is 5.69 Å². The first-order chi connectivity index (χ1) is 11.1. The highest BCUT2D eigenvalue weighted by atomic mass is 35.5. The van der Waals surface area contributed by atoms with Gasteiger partial charge in [-0.25, -0.2) is 0 Å². The molecule has 1 saturated heterocycles. The largest absolute Gasteiger partial charge is 0.344 e. The van der Waals surface area contributed by atoms with Crippen LogP contribution in [0.2, 0.25) is 5.02 Å². The SMILES string of the molecule is N[C@@H]1CCC[C@@H]1C(=O)N[C@@H]1CCCN(c2ccccc2Cl)C1=O. The van der Waals surface area contributed by atoms with Gasteiger partial charge in [-0.3, -0.25) is 9.59 Å². The smallest absolute Gasteiger partial charge is 0.249 e. The predicted molar refractivity (Wildman–Crippen MR) is 90.3 cm³/mol. The van der Waals surface area contributed by atoms with E-state index in [1.807, 2.05) is 18.2 Å². The summed E-state index contributed by atoms with van der Waals surface area (Å²) < 4.78 is 0. The van der Waals surface area contributed by atoms with E-state index in [1.54, 1.807) is 11.0 Å². The van der Waals surface area contributed by atoms with E-state index >= 15 is 0 Å². The van der Waals surface area contributed by atoms with E-state index in [0.29, 0.717) is 23.7 Å². The number of halogens is 1. The summed E-state index contributed by atoms with van der Waals surface area (Å²) in [6.07, 6.45) is 4.15. The third-order valence-electron chi connectivity index (χ3n) is 4.80. The zero-order valence-corrected chi connectivity index (χ0v) is 13.8. The molecule has 0 spiro atoms. The van der Waals surface area contributed by atoms with Crippen LogP contribution >= 0.6 is 11.6 Å². The Morgan fingerprint density at radius 2 is 2.00 bits per heavy atom. The first-order valence-corrected chi connectivity index (χ1v) is 8.57. The Morgan fingerprint density at radius 3 is 2.70 bits per heavy atom. The number of rotatable bonds is 3. The Bertz CT molecular complexity index is 607. The van der Waals surface area contributed by atoms with Gasteiger partial charge < -0.3 is 16.0 Å². The molecule has 5 nitrogen and oxygen atoms in total. The molecule has 0 aromatic heterocycles. The fraction of sp³-hybridized carbons (Fsp3) is 0.529. The Morgan fingerprint density at radius 1 is 1.22 bits per heavy atom. The lowest BCUT2D eigenvalue weighted by Crippen LogP contribution is -2.54. The number of benzene rings is 1. The summed E-state index contributed by atoms with van der Waals surface area (Å²) in [7, 11) is 0. The molecule has 1 heterocycles. The van der Waals surface area contributed by atoms with Gasteiger partial charge in [0.05, 0.1) is 16.6 Å². The molecule has 1 aliphatic carbocycles. The fourth-order valence-electron chi connectivity index (χ4n) is 3.51. The number of nitrogens with two attached hydrogens (primary N) is 1. The summed E-state index contributed by atoms with van der Waals surface area (Å²) in [6, 6.07) is 6.71. The van der Waals surface area contributed by atoms with Crippen LogP contribution in [0.25, 0.3) is 0 Å². The number of nitrogens with zero attached hydrogens (tertiary/aromatic N) is 1. The van der Waals surface area contributed by atoms with Crippen molar-refractivity contribution >= 4 is 29.1 Å². The van der Waals surface area contributed by atoms with Crippen LogP contribution in [0, 0.1) is 5.92 Å². The monoisotopic (exact) mass is 335 g/mol. The maximum Gasteiger partial charge on any atom is 0.249 e. The van der Waals surface area contributed by atoms with Crippen LogP contribution in [-0.2, 0) is 9.59 Å². The van der Waals surface area contributed by atoms with Crippen LogP contribution in [0.1, 0.15) is 32.1 Å². The van der Waals surface area contributed by atoms with Gasteiger partial charge in [-0.05, 0) is 37.8 Å². The molecular formula is C17H22ClN3O2. The quantitative estimate of drug-likeness (QED) is 0.888. The Balaban J connectivity index is 1.70. The van der Waals surface area contributed by atoms with Gasteiger partial charge in [-0.15, -0.1) is 0 Å². The maximum atomic E-state index is 12.7. The summed E-state index contributed by atoms with van der Waals surface area (Å²) in [6.45, 7) is 0.623. The number of hydrogen-bond acceptors (Lipinski definition) is 3. The molecule has 1 saturated carbocycles. The van der Waals surface area contributed by atoms with Crippen molar-refractivity contribution in [3.8, 4) is 0 Å². The van der Waals surface area contributed by atoms with Gasteiger partial charge in [0.1, 0.15) is 6.04 Å². The molecule has 1 aromatic carbocycles. The second kappa shape index (κ2) is 6.89. The van der Waals surface area contributed by atoms with Crippen molar-refractivity contribution in [2.24, 2.45) is 11.7 Å². The molecule has 124 valence electrons. The highest BCUT2D eigenvalue weighted by molar-refractivity contribution is 6.33. The molecular weight excluding hydrogens is 314 g/mol. The molecule has 2 aliphatic rings. The third-order valence-corrected chi connectivity index (χ3v) is 5.12. The summed E-state index contributed by atoms with van der Waals surface area (Å²) in [5, 5.41) is 3.45. The maximum absolute atomic E-state index is 12.7. The van der Waals surface area contributed by atoms with Gasteiger partial charge in [0, 0.05) is 12.6 Å². The summed E-state index contributed by atoms with van der Waals surface area (Å²) in [4.78, 5) is 26.8. The lowest BCUT2D eigenvalue weighted by atomic mass is 10.00. The van der Waals surface area contributed by atoms with Crippen molar-refractivity contribution in [2.75, 3.05) is 11.4 Å². The van der Waals surface area contributed by atoms with Crippen molar-refractivity contribution in [3.05, 3.63) is 29.3 Å². The number of nitrogens with one attached hydrogen (secondary N) is 1. The highest BCUT2D eigenvalue weighted by Gasteiger charge is 2.36. The van der Waals surface area contributed by atoms with E-state index in [2.05, 4.69) is 5.32 Å². The van der Waals surface area contributed by atoms with Crippen LogP contribution in [-0.4, -0.2) is 30.4 Å². The molecule has 2 fully saturated rings. The summed E-state index contributed by atoms with van der Waals surface area (Å²) >= 11 is 6.20. The number of carbonyl (C=O) groups is 2. The van der Waals surface area contributed by atoms with Gasteiger partial charge >= 0.3 is 0 Å². The van der Waals surface area contributed by atoms with E-state index in [4.69, 9.17) is 17.3 Å². The molecule has 23 heavy (non-hydrogen) atoms. The number of para-hydroxylation sites is 1. The van der Waals surface area contributed by atoms with Crippen LogP contribution in [0.5, 0.6) is 0 Å². The van der Waals surface area contributed by atoms with Gasteiger partial charge in [-0.1, -0.05) is 30.2 Å². The number of piperidine rings is 1. The van der Waals surface area contributed by atoms with E-state index < -0.39 is 6.04 Å². The van der Waals surface area contributed by atoms with E-state index in [9.17, 15) is 9.59 Å². The molecule has 6 heteroatoms. The third kappa shape index (κ3) is 3.35. The first kappa shape index (κ1) is 16.3. The number of anilines is 1. The van der Waals surface area contributed by atoms with Gasteiger partial charge in [0.25, 0.3) is 0 Å². The predicted octanol–water partition coefficient (Wildman–Crippen LogP) is 2.08. The van der Waals surface area contributed by atoms with Crippen molar-refractivity contribution < 1.29 is 9.59 Å². The molecule has 0 unspecified atom stereocenters. The fourth-order valence-corrected chi connectivity index (χ4v) is 3.75. The van der Waals surface area contributed by atoms with Crippen molar-refractivity contribution in [1.29, 1.82) is 0 Å². The Kier molecular flexibility index (Phi) is 4.87. The Hall–Kier alpha value is -1.59. The lowest BCUT2D eigenvalue weighted by molar-refractivity contribution is -0.130. The molecule has 1 aliphatic heterocycles.